The van der Waals surface area contributed by atoms with Crippen molar-refractivity contribution in [3.05, 3.63) is 5.28 Å². The minimum Gasteiger partial charge on any atom is -0.368 e. The second-order valence-corrected chi connectivity index (χ2v) is 4.52. The van der Waals surface area contributed by atoms with Crippen LogP contribution in [0.2, 0.25) is 5.28 Å². The van der Waals surface area contributed by atoms with Gasteiger partial charge in [0.25, 0.3) is 0 Å². The largest absolute Gasteiger partial charge is 0.368 e. The van der Waals surface area contributed by atoms with Crippen LogP contribution in [0.5, 0.6) is 0 Å². The third-order valence-electron chi connectivity index (χ3n) is 2.76. The average Bonchev–Trinajstić information content (AvgIpc) is 2.79. The molecule has 18 heavy (non-hydrogen) atoms. The van der Waals surface area contributed by atoms with Crippen molar-refractivity contribution in [1.82, 2.24) is 19.9 Å². The maximum atomic E-state index is 12.0. The Kier molecular flexibility index (Phi) is 3.81. The molecule has 1 aliphatic rings. The number of hydrogen-bond donors (Lipinski definition) is 2. The first-order valence-electron chi connectivity index (χ1n) is 5.78. The van der Waals surface area contributed by atoms with E-state index in [9.17, 15) is 4.79 Å². The van der Waals surface area contributed by atoms with E-state index in [2.05, 4.69) is 20.3 Å². The summed E-state index contributed by atoms with van der Waals surface area (Å²) in [5, 5.41) is 2.89. The number of hydrogen-bond acceptors (Lipinski definition) is 6. The Morgan fingerprint density at radius 2 is 2.06 bits per heavy atom. The van der Waals surface area contributed by atoms with Gasteiger partial charge in [-0.05, 0) is 31.4 Å². The van der Waals surface area contributed by atoms with Crippen LogP contribution in [0.3, 0.4) is 0 Å². The Bertz CT molecular complexity index is 428. The second-order valence-electron chi connectivity index (χ2n) is 4.18. The number of nitrogens with two attached hydrogens (primary N) is 1. The molecule has 1 atom stereocenters. The summed E-state index contributed by atoms with van der Waals surface area (Å²) >= 11 is 5.66. The fourth-order valence-electron chi connectivity index (χ4n) is 1.90. The first-order chi connectivity index (χ1) is 8.56. The highest BCUT2D eigenvalue weighted by Gasteiger charge is 2.23. The highest BCUT2D eigenvalue weighted by molar-refractivity contribution is 6.28. The van der Waals surface area contributed by atoms with Crippen LogP contribution in [-0.4, -0.2) is 44.9 Å². The molecule has 0 bridgehead atoms. The van der Waals surface area contributed by atoms with Gasteiger partial charge in [-0.3, -0.25) is 4.79 Å². The number of nitrogens with one attached hydrogen (secondary N) is 1. The summed E-state index contributed by atoms with van der Waals surface area (Å²) in [7, 11) is 0. The van der Waals surface area contributed by atoms with Gasteiger partial charge in [0.2, 0.25) is 23.1 Å². The standard InChI is InChI=1S/C10H15ClN6O/c1-6(7(18)17-4-2-3-5-17)13-10-15-8(11)14-9(12)16-10/h6H,2-5H2,1H3,(H3,12,13,14,15,16). The topological polar surface area (TPSA) is 97.0 Å². The highest BCUT2D eigenvalue weighted by atomic mass is 35.5. The van der Waals surface area contributed by atoms with Gasteiger partial charge in [0.1, 0.15) is 6.04 Å². The molecule has 3 N–H and O–H groups in total. The van der Waals surface area contributed by atoms with Crippen LogP contribution >= 0.6 is 11.6 Å². The van der Waals surface area contributed by atoms with Gasteiger partial charge in [-0.15, -0.1) is 0 Å². The zero-order valence-corrected chi connectivity index (χ0v) is 10.8. The summed E-state index contributed by atoms with van der Waals surface area (Å²) in [4.78, 5) is 25.3. The second kappa shape index (κ2) is 5.34. The maximum Gasteiger partial charge on any atom is 0.244 e. The molecular weight excluding hydrogens is 256 g/mol. The quantitative estimate of drug-likeness (QED) is 0.832. The number of halogens is 1. The predicted octanol–water partition coefficient (Wildman–Crippen LogP) is 0.530. The normalized spacial score (nSPS) is 16.7. The zero-order valence-electron chi connectivity index (χ0n) is 10.1. The number of likely N-dealkylation sites (tertiary alicyclic amines) is 1. The smallest absolute Gasteiger partial charge is 0.244 e. The highest BCUT2D eigenvalue weighted by Crippen LogP contribution is 2.12. The Morgan fingerprint density at radius 3 is 2.67 bits per heavy atom. The van der Waals surface area contributed by atoms with Gasteiger partial charge < -0.3 is 16.0 Å². The van der Waals surface area contributed by atoms with Crippen molar-refractivity contribution in [1.29, 1.82) is 0 Å². The number of aromatic nitrogens is 3. The molecule has 0 spiro atoms. The molecule has 1 amide bonds. The SMILES string of the molecule is CC(Nc1nc(N)nc(Cl)n1)C(=O)N1CCCC1. The van der Waals surface area contributed by atoms with Crippen molar-refractivity contribution in [3.63, 3.8) is 0 Å². The first-order valence-corrected chi connectivity index (χ1v) is 6.16. The van der Waals surface area contributed by atoms with E-state index in [1.54, 1.807) is 6.92 Å². The number of nitrogens with zero attached hydrogens (tertiary/aromatic N) is 4. The Labute approximate surface area is 110 Å². The van der Waals surface area contributed by atoms with Crippen molar-refractivity contribution in [2.24, 2.45) is 0 Å². The molecule has 1 fully saturated rings. The van der Waals surface area contributed by atoms with Crippen molar-refractivity contribution in [3.8, 4) is 0 Å². The Hall–Kier alpha value is -1.63. The Morgan fingerprint density at radius 1 is 1.39 bits per heavy atom. The maximum absolute atomic E-state index is 12.0. The molecule has 2 rings (SSSR count). The van der Waals surface area contributed by atoms with Crippen LogP contribution in [0.15, 0.2) is 0 Å². The average molecular weight is 271 g/mol. The molecule has 1 aliphatic heterocycles. The van der Waals surface area contributed by atoms with Gasteiger partial charge in [0.05, 0.1) is 0 Å². The number of carbonyl (C=O) groups is 1. The lowest BCUT2D eigenvalue weighted by Gasteiger charge is -2.21. The van der Waals surface area contributed by atoms with Gasteiger partial charge in [-0.25, -0.2) is 0 Å². The van der Waals surface area contributed by atoms with Crippen LogP contribution in [0.25, 0.3) is 0 Å². The van der Waals surface area contributed by atoms with Crippen molar-refractivity contribution in [2.75, 3.05) is 24.1 Å². The summed E-state index contributed by atoms with van der Waals surface area (Å²) in [5.41, 5.74) is 5.45. The molecule has 0 saturated carbocycles. The molecule has 1 unspecified atom stereocenters. The van der Waals surface area contributed by atoms with Gasteiger partial charge in [-0.2, -0.15) is 15.0 Å². The molecule has 0 aliphatic carbocycles. The lowest BCUT2D eigenvalue weighted by atomic mass is 10.3. The van der Waals surface area contributed by atoms with Crippen molar-refractivity contribution < 1.29 is 4.79 Å². The Balaban J connectivity index is 2.01. The van der Waals surface area contributed by atoms with Crippen LogP contribution in [0.4, 0.5) is 11.9 Å². The number of carbonyl (C=O) groups excluding carboxylic acids is 1. The zero-order chi connectivity index (χ0) is 13.1. The summed E-state index contributed by atoms with van der Waals surface area (Å²) in [6.45, 7) is 3.38. The number of anilines is 2. The number of rotatable bonds is 3. The number of amides is 1. The molecule has 7 nitrogen and oxygen atoms in total. The van der Waals surface area contributed by atoms with E-state index in [1.165, 1.54) is 0 Å². The van der Waals surface area contributed by atoms with E-state index >= 15 is 0 Å². The van der Waals surface area contributed by atoms with Crippen LogP contribution in [-0.2, 0) is 4.79 Å². The third kappa shape index (κ3) is 2.98. The minimum absolute atomic E-state index is 0.00539. The van der Waals surface area contributed by atoms with E-state index in [4.69, 9.17) is 17.3 Å². The van der Waals surface area contributed by atoms with Gasteiger partial charge in [0, 0.05) is 13.1 Å². The number of nitrogen functional groups attached to an aromatic ring is 1. The lowest BCUT2D eigenvalue weighted by molar-refractivity contribution is -0.130. The molecular formula is C10H15ClN6O. The summed E-state index contributed by atoms with van der Waals surface area (Å²) < 4.78 is 0. The lowest BCUT2D eigenvalue weighted by Crippen LogP contribution is -2.40. The molecule has 1 aromatic rings. The molecule has 1 aromatic heterocycles. The molecule has 0 radical (unpaired) electrons. The summed E-state index contributed by atoms with van der Waals surface area (Å²) in [6, 6.07) is -0.416. The van der Waals surface area contributed by atoms with Crippen LogP contribution in [0, 0.1) is 0 Å². The van der Waals surface area contributed by atoms with E-state index in [0.29, 0.717) is 0 Å². The fraction of sp³-hybridized carbons (Fsp3) is 0.600. The third-order valence-corrected chi connectivity index (χ3v) is 2.93. The first kappa shape index (κ1) is 12.8. The molecule has 8 heteroatoms. The van der Waals surface area contributed by atoms with Gasteiger partial charge in [0.15, 0.2) is 0 Å². The van der Waals surface area contributed by atoms with E-state index in [1.807, 2.05) is 4.90 Å². The van der Waals surface area contributed by atoms with Crippen molar-refractivity contribution >= 4 is 29.4 Å². The molecule has 98 valence electrons. The van der Waals surface area contributed by atoms with E-state index in [-0.39, 0.29) is 23.1 Å². The summed E-state index contributed by atoms with van der Waals surface area (Å²) in [5.74, 6) is 0.272. The van der Waals surface area contributed by atoms with Gasteiger partial charge >= 0.3 is 0 Å². The molecule has 2 heterocycles. The fourth-order valence-corrected chi connectivity index (χ4v) is 2.06. The summed E-state index contributed by atoms with van der Waals surface area (Å²) in [6.07, 6.45) is 2.12. The minimum atomic E-state index is -0.416. The van der Waals surface area contributed by atoms with Crippen LogP contribution < -0.4 is 11.1 Å². The van der Waals surface area contributed by atoms with Gasteiger partial charge in [-0.1, -0.05) is 0 Å². The molecule has 1 saturated heterocycles. The monoisotopic (exact) mass is 270 g/mol. The predicted molar refractivity (Wildman–Crippen MR) is 68.1 cm³/mol. The van der Waals surface area contributed by atoms with Crippen LogP contribution in [0.1, 0.15) is 19.8 Å². The van der Waals surface area contributed by atoms with Crippen molar-refractivity contribution in [2.45, 2.75) is 25.8 Å². The van der Waals surface area contributed by atoms with E-state index in [0.717, 1.165) is 25.9 Å². The van der Waals surface area contributed by atoms with E-state index < -0.39 is 6.04 Å². The molecule has 0 aromatic carbocycles.